The molecule has 0 aliphatic carbocycles. The Morgan fingerprint density at radius 1 is 1.04 bits per heavy atom. The molecule has 3 rings (SSSR count). The Morgan fingerprint density at radius 3 is 2.38 bits per heavy atom. The molecule has 130 valence electrons. The van der Waals surface area contributed by atoms with Crippen LogP contribution in [0.15, 0.2) is 66.9 Å². The van der Waals surface area contributed by atoms with Gasteiger partial charge in [0.1, 0.15) is 22.2 Å². The van der Waals surface area contributed by atoms with Gasteiger partial charge in [0.2, 0.25) is 0 Å². The molecular weight excluding hydrogens is 354 g/mol. The van der Waals surface area contributed by atoms with Crippen molar-refractivity contribution < 1.29 is 14.3 Å². The van der Waals surface area contributed by atoms with Gasteiger partial charge >= 0.3 is 0 Å². The van der Waals surface area contributed by atoms with Crippen LogP contribution >= 0.6 is 11.6 Å². The van der Waals surface area contributed by atoms with Crippen molar-refractivity contribution in [2.24, 2.45) is 5.73 Å². The van der Waals surface area contributed by atoms with Gasteiger partial charge in [-0.3, -0.25) is 9.59 Å². The molecule has 0 radical (unpaired) electrons. The van der Waals surface area contributed by atoms with Crippen molar-refractivity contribution in [2.75, 3.05) is 5.32 Å². The van der Waals surface area contributed by atoms with Crippen LogP contribution in [-0.4, -0.2) is 16.8 Å². The van der Waals surface area contributed by atoms with Gasteiger partial charge in [0.15, 0.2) is 0 Å². The van der Waals surface area contributed by atoms with Gasteiger partial charge in [0, 0.05) is 23.5 Å². The SMILES string of the molecule is NC(=O)c1cnc(Cl)cc1Oc1ccc(NC(=O)c2ccccc2)cc1. The number of nitrogens with two attached hydrogens (primary N) is 1. The third kappa shape index (κ3) is 4.17. The topological polar surface area (TPSA) is 94.3 Å². The van der Waals surface area contributed by atoms with Gasteiger partial charge in [0.05, 0.1) is 0 Å². The molecule has 0 saturated heterocycles. The Kier molecular flexibility index (Phi) is 5.15. The van der Waals surface area contributed by atoms with Gasteiger partial charge in [-0.25, -0.2) is 4.98 Å². The normalized spacial score (nSPS) is 10.2. The molecular formula is C19H14ClN3O3. The molecule has 0 unspecified atom stereocenters. The fourth-order valence-electron chi connectivity index (χ4n) is 2.21. The van der Waals surface area contributed by atoms with Crippen LogP contribution in [0, 0.1) is 0 Å². The highest BCUT2D eigenvalue weighted by atomic mass is 35.5. The van der Waals surface area contributed by atoms with Gasteiger partial charge in [-0.05, 0) is 36.4 Å². The van der Waals surface area contributed by atoms with Gasteiger partial charge in [0.25, 0.3) is 11.8 Å². The monoisotopic (exact) mass is 367 g/mol. The quantitative estimate of drug-likeness (QED) is 0.669. The van der Waals surface area contributed by atoms with Crippen molar-refractivity contribution in [3.63, 3.8) is 0 Å². The maximum Gasteiger partial charge on any atom is 0.255 e. The standard InChI is InChI=1S/C19H14ClN3O3/c20-17-10-16(15(11-22-17)18(21)24)26-14-8-6-13(7-9-14)23-19(25)12-4-2-1-3-5-12/h1-11H,(H2,21,24)(H,23,25). The first-order valence-corrected chi connectivity index (χ1v) is 8.00. The number of halogens is 1. The minimum absolute atomic E-state index is 0.121. The number of anilines is 1. The summed E-state index contributed by atoms with van der Waals surface area (Å²) in [5.74, 6) is -0.224. The van der Waals surface area contributed by atoms with Crippen molar-refractivity contribution >= 4 is 29.1 Å². The molecule has 0 atom stereocenters. The Balaban J connectivity index is 1.74. The molecule has 0 aliphatic heterocycles. The second-order valence-corrected chi connectivity index (χ2v) is 5.70. The lowest BCUT2D eigenvalue weighted by molar-refractivity contribution is 0.0995. The number of nitrogens with one attached hydrogen (secondary N) is 1. The molecule has 0 bridgehead atoms. The first-order chi connectivity index (χ1) is 12.5. The number of pyridine rings is 1. The van der Waals surface area contributed by atoms with Crippen LogP contribution in [0.5, 0.6) is 11.5 Å². The van der Waals surface area contributed by atoms with E-state index in [9.17, 15) is 9.59 Å². The van der Waals surface area contributed by atoms with Gasteiger partial charge < -0.3 is 15.8 Å². The Hall–Kier alpha value is -3.38. The predicted octanol–water partition coefficient (Wildman–Crippen LogP) is 3.88. The summed E-state index contributed by atoms with van der Waals surface area (Å²) in [5.41, 5.74) is 6.59. The number of primary amides is 1. The number of benzene rings is 2. The van der Waals surface area contributed by atoms with Crippen molar-refractivity contribution in [1.82, 2.24) is 4.98 Å². The van der Waals surface area contributed by atoms with E-state index < -0.39 is 5.91 Å². The van der Waals surface area contributed by atoms with Crippen molar-refractivity contribution in [3.8, 4) is 11.5 Å². The van der Waals surface area contributed by atoms with E-state index in [0.29, 0.717) is 17.0 Å². The van der Waals surface area contributed by atoms with E-state index in [0.717, 1.165) is 0 Å². The first-order valence-electron chi connectivity index (χ1n) is 7.62. The van der Waals surface area contributed by atoms with Gasteiger partial charge in [-0.2, -0.15) is 0 Å². The lowest BCUT2D eigenvalue weighted by Crippen LogP contribution is -2.13. The number of carbonyl (C=O) groups excluding carboxylic acids is 2. The lowest BCUT2D eigenvalue weighted by atomic mass is 10.2. The fourth-order valence-corrected chi connectivity index (χ4v) is 2.36. The van der Waals surface area contributed by atoms with E-state index in [2.05, 4.69) is 10.3 Å². The number of nitrogens with zero attached hydrogens (tertiary/aromatic N) is 1. The van der Waals surface area contributed by atoms with Crippen LogP contribution in [0.4, 0.5) is 5.69 Å². The van der Waals surface area contributed by atoms with Crippen molar-refractivity contribution in [2.45, 2.75) is 0 Å². The number of carbonyl (C=O) groups is 2. The van der Waals surface area contributed by atoms with E-state index in [1.54, 1.807) is 48.5 Å². The summed E-state index contributed by atoms with van der Waals surface area (Å²) in [6.45, 7) is 0. The maximum atomic E-state index is 12.1. The highest BCUT2D eigenvalue weighted by Gasteiger charge is 2.12. The summed E-state index contributed by atoms with van der Waals surface area (Å²) in [7, 11) is 0. The molecule has 7 heteroatoms. The average Bonchev–Trinajstić information content (AvgIpc) is 2.64. The molecule has 0 aliphatic rings. The highest BCUT2D eigenvalue weighted by Crippen LogP contribution is 2.28. The second kappa shape index (κ2) is 7.67. The van der Waals surface area contributed by atoms with Crippen LogP contribution in [0.1, 0.15) is 20.7 Å². The number of ether oxygens (including phenoxy) is 1. The van der Waals surface area contributed by atoms with Crippen molar-refractivity contribution in [3.05, 3.63) is 83.1 Å². The predicted molar refractivity (Wildman–Crippen MR) is 98.7 cm³/mol. The average molecular weight is 368 g/mol. The summed E-state index contributed by atoms with van der Waals surface area (Å²) in [5, 5.41) is 2.97. The molecule has 2 aromatic carbocycles. The molecule has 26 heavy (non-hydrogen) atoms. The third-order valence-electron chi connectivity index (χ3n) is 3.47. The molecule has 1 heterocycles. The smallest absolute Gasteiger partial charge is 0.255 e. The summed E-state index contributed by atoms with van der Waals surface area (Å²) in [4.78, 5) is 27.4. The zero-order valence-electron chi connectivity index (χ0n) is 13.5. The van der Waals surface area contributed by atoms with Crippen molar-refractivity contribution in [1.29, 1.82) is 0 Å². The largest absolute Gasteiger partial charge is 0.456 e. The Bertz CT molecular complexity index is 944. The van der Waals surface area contributed by atoms with E-state index in [1.165, 1.54) is 12.3 Å². The zero-order chi connectivity index (χ0) is 18.5. The summed E-state index contributed by atoms with van der Waals surface area (Å²) in [6.07, 6.45) is 1.26. The number of hydrogen-bond acceptors (Lipinski definition) is 4. The van der Waals surface area contributed by atoms with E-state index in [4.69, 9.17) is 22.1 Å². The minimum atomic E-state index is -0.670. The molecule has 0 saturated carbocycles. The van der Waals surface area contributed by atoms with E-state index in [1.807, 2.05) is 6.07 Å². The van der Waals surface area contributed by atoms with E-state index >= 15 is 0 Å². The molecule has 6 nitrogen and oxygen atoms in total. The summed E-state index contributed by atoms with van der Waals surface area (Å²) in [6, 6.07) is 17.0. The number of rotatable bonds is 5. The molecule has 3 aromatic rings. The van der Waals surface area contributed by atoms with Gasteiger partial charge in [-0.15, -0.1) is 0 Å². The fraction of sp³-hybridized carbons (Fsp3) is 0. The van der Waals surface area contributed by atoms with Crippen LogP contribution in [0.25, 0.3) is 0 Å². The summed E-state index contributed by atoms with van der Waals surface area (Å²) < 4.78 is 5.66. The van der Waals surface area contributed by atoms with Crippen LogP contribution in [0.2, 0.25) is 5.15 Å². The van der Waals surface area contributed by atoms with E-state index in [-0.39, 0.29) is 22.4 Å². The summed E-state index contributed by atoms with van der Waals surface area (Å²) >= 11 is 5.84. The third-order valence-corrected chi connectivity index (χ3v) is 3.68. The van der Waals surface area contributed by atoms with Crippen LogP contribution in [0.3, 0.4) is 0 Å². The highest BCUT2D eigenvalue weighted by molar-refractivity contribution is 6.29. The van der Waals surface area contributed by atoms with Crippen LogP contribution in [-0.2, 0) is 0 Å². The minimum Gasteiger partial charge on any atom is -0.456 e. The lowest BCUT2D eigenvalue weighted by Gasteiger charge is -2.10. The first kappa shape index (κ1) is 17.4. The Labute approximate surface area is 154 Å². The molecule has 0 spiro atoms. The number of hydrogen-bond donors (Lipinski definition) is 2. The number of amides is 2. The van der Waals surface area contributed by atoms with Crippen LogP contribution < -0.4 is 15.8 Å². The molecule has 2 amide bonds. The molecule has 1 aromatic heterocycles. The Morgan fingerprint density at radius 2 is 1.73 bits per heavy atom. The van der Waals surface area contributed by atoms with Gasteiger partial charge in [-0.1, -0.05) is 29.8 Å². The number of aromatic nitrogens is 1. The maximum absolute atomic E-state index is 12.1. The second-order valence-electron chi connectivity index (χ2n) is 5.31. The zero-order valence-corrected chi connectivity index (χ0v) is 14.2. The molecule has 0 fully saturated rings. The molecule has 3 N–H and O–H groups in total.